The number of ether oxygens (including phenoxy) is 1. The van der Waals surface area contributed by atoms with Gasteiger partial charge in [0.15, 0.2) is 0 Å². The average Bonchev–Trinajstić information content (AvgIpc) is 3.85. The summed E-state index contributed by atoms with van der Waals surface area (Å²) in [5.74, 6) is -9.87. The van der Waals surface area contributed by atoms with E-state index in [0.717, 1.165) is 38.3 Å². The van der Waals surface area contributed by atoms with Crippen molar-refractivity contribution in [2.24, 2.45) is 23.1 Å². The van der Waals surface area contributed by atoms with Crippen molar-refractivity contribution < 1.29 is 57.5 Å². The molecule has 0 saturated carbocycles. The molecule has 4 rings (SSSR count). The van der Waals surface area contributed by atoms with Crippen molar-refractivity contribution in [2.45, 2.75) is 165 Å². The van der Waals surface area contributed by atoms with E-state index < -0.39 is 143 Å². The number of benzene rings is 1. The van der Waals surface area contributed by atoms with Gasteiger partial charge in [0, 0.05) is 35.9 Å². The fourth-order valence-corrected chi connectivity index (χ4v) is 12.0. The second kappa shape index (κ2) is 28.1. The van der Waals surface area contributed by atoms with Gasteiger partial charge in [-0.05, 0) is 101 Å². The van der Waals surface area contributed by atoms with Gasteiger partial charge in [-0.15, -0.1) is 0 Å². The number of nitrogens with one attached hydrogen (secondary N) is 8. The fraction of sp³-hybridized carbons (Fsp3) is 0.653. The van der Waals surface area contributed by atoms with Gasteiger partial charge in [0.2, 0.25) is 65.0 Å². The van der Waals surface area contributed by atoms with Crippen molar-refractivity contribution >= 4 is 86.6 Å². The van der Waals surface area contributed by atoms with Gasteiger partial charge in [-0.25, -0.2) is 0 Å². The molecule has 24 nitrogen and oxygen atoms in total. The molecule has 2 bridgehead atoms. The number of amides is 11. The number of carbonyl (C=O) groups is 11. The topological polar surface area (TPSA) is 375 Å². The molecule has 3 saturated heterocycles. The van der Waals surface area contributed by atoms with Crippen LogP contribution in [-0.2, 0) is 52.7 Å². The monoisotopic (exact) mass is 1090 g/mol. The molecule has 3 aliphatic heterocycles. The molecule has 0 aliphatic carbocycles. The van der Waals surface area contributed by atoms with Crippen LogP contribution in [0, 0.1) is 19.8 Å². The van der Waals surface area contributed by atoms with Crippen LogP contribution >= 0.6 is 21.6 Å². The lowest BCUT2D eigenvalue weighted by Crippen LogP contribution is -2.62. The largest absolute Gasteiger partial charge is 0.497 e. The Kier molecular flexibility index (Phi) is 23.0. The molecule has 0 spiro atoms. The van der Waals surface area contributed by atoms with Gasteiger partial charge >= 0.3 is 0 Å². The molecule has 14 N–H and O–H groups in total. The van der Waals surface area contributed by atoms with Crippen molar-refractivity contribution in [2.75, 3.05) is 32.5 Å². The van der Waals surface area contributed by atoms with Crippen LogP contribution in [0.15, 0.2) is 12.1 Å². The minimum atomic E-state index is -1.74. The summed E-state index contributed by atoms with van der Waals surface area (Å²) in [6, 6.07) is -7.49. The van der Waals surface area contributed by atoms with Crippen molar-refractivity contribution in [1.29, 1.82) is 0 Å². The van der Waals surface area contributed by atoms with Crippen molar-refractivity contribution in [3.63, 3.8) is 0 Å². The normalized spacial score (nSPS) is 27.2. The van der Waals surface area contributed by atoms with Crippen LogP contribution < -0.4 is 64.5 Å². The van der Waals surface area contributed by atoms with Gasteiger partial charge in [0.25, 0.3) is 0 Å². The molecule has 26 heteroatoms. The zero-order valence-corrected chi connectivity index (χ0v) is 45.6. The second-order valence-electron chi connectivity index (χ2n) is 19.9. The zero-order chi connectivity index (χ0) is 55.9. The standard InChI is InChI=1S/C49H76N12O12S2/c1-9-24(2)38-45(69)56-30-15-16-36(64)53-17-11-10-13-29(41(65)54-22-35(51)63)55-44(68)33-14-12-18-61(33)48(72)32(58-43(67)31(21-34(50)62)57-42(30)66)23-74-75-49(6,7)40(52)47(71)60-39(46(70)59-38)27(5)37-25(3)19-28(73-8)20-26(37)4/h19-20,24,27,29-33,38-40H,9-18,21-23,52H2,1-8H3,(H2,50,62)(H2,51,63)(H,53,64)(H,54,65)(H,55,68)(H,56,69)(H,57,66)(H,58,67)(H,59,70)(H,60,71)/t24-,27+,29+,30+,31+,32-,33+,38-,39?,40-/m0/s1. The number of carbonyl (C=O) groups excluding carboxylic acids is 11. The van der Waals surface area contributed by atoms with E-state index in [4.69, 9.17) is 21.9 Å². The van der Waals surface area contributed by atoms with Gasteiger partial charge in [-0.1, -0.05) is 48.8 Å². The van der Waals surface area contributed by atoms with Crippen molar-refractivity contribution in [1.82, 2.24) is 47.4 Å². The first kappa shape index (κ1) is 61.4. The van der Waals surface area contributed by atoms with Crippen LogP contribution in [0.25, 0.3) is 0 Å². The van der Waals surface area contributed by atoms with Crippen LogP contribution in [0.4, 0.5) is 0 Å². The van der Waals surface area contributed by atoms with Gasteiger partial charge < -0.3 is 69.4 Å². The Labute approximate surface area is 445 Å². The summed E-state index contributed by atoms with van der Waals surface area (Å²) in [4.78, 5) is 154. The molecule has 11 amide bonds. The van der Waals surface area contributed by atoms with E-state index in [9.17, 15) is 52.7 Å². The number of hydrogen-bond donors (Lipinski definition) is 11. The summed E-state index contributed by atoms with van der Waals surface area (Å²) in [6.07, 6.45) is 0.0317. The van der Waals surface area contributed by atoms with Gasteiger partial charge in [-0.2, -0.15) is 0 Å². The molecule has 0 aromatic heterocycles. The number of aryl methyl sites for hydroxylation is 2. The molecular formula is C49H76N12O12S2. The van der Waals surface area contributed by atoms with Crippen LogP contribution in [0.3, 0.4) is 0 Å². The Balaban J connectivity index is 1.89. The summed E-state index contributed by atoms with van der Waals surface area (Å²) < 4.78 is 4.33. The van der Waals surface area contributed by atoms with E-state index in [0.29, 0.717) is 25.0 Å². The predicted octanol–water partition coefficient (Wildman–Crippen LogP) is -1.58. The Bertz CT molecular complexity index is 2300. The first-order valence-corrected chi connectivity index (χ1v) is 27.6. The summed E-state index contributed by atoms with van der Waals surface area (Å²) >= 11 is 0. The molecule has 3 aliphatic rings. The molecule has 1 aromatic carbocycles. The Morgan fingerprint density at radius 2 is 1.43 bits per heavy atom. The predicted molar refractivity (Wildman–Crippen MR) is 281 cm³/mol. The van der Waals surface area contributed by atoms with Crippen LogP contribution in [0.2, 0.25) is 0 Å². The number of fused-ring (bicyclic) bond motifs is 7. The smallest absolute Gasteiger partial charge is 0.246 e. The number of rotatable bonds is 10. The number of nitrogens with zero attached hydrogens (tertiary/aromatic N) is 1. The van der Waals surface area contributed by atoms with Crippen molar-refractivity contribution in [3.05, 3.63) is 28.8 Å². The number of hydrogen-bond acceptors (Lipinski definition) is 15. The summed E-state index contributed by atoms with van der Waals surface area (Å²) in [6.45, 7) is 11.9. The molecule has 10 atom stereocenters. The van der Waals surface area contributed by atoms with Gasteiger partial charge in [0.05, 0.1) is 26.1 Å². The van der Waals surface area contributed by atoms with Gasteiger partial charge in [0.1, 0.15) is 48.0 Å². The highest BCUT2D eigenvalue weighted by molar-refractivity contribution is 8.77. The maximum atomic E-state index is 14.8. The highest BCUT2D eigenvalue weighted by atomic mass is 33.1. The maximum absolute atomic E-state index is 14.8. The number of nitrogens with two attached hydrogens (primary N) is 3. The average molecular weight is 1090 g/mol. The third-order valence-electron chi connectivity index (χ3n) is 13.8. The summed E-state index contributed by atoms with van der Waals surface area (Å²) in [5.41, 5.74) is 19.8. The molecule has 3 heterocycles. The Morgan fingerprint density at radius 3 is 2.05 bits per heavy atom. The van der Waals surface area contributed by atoms with Crippen LogP contribution in [0.1, 0.15) is 115 Å². The molecular weight excluding hydrogens is 1010 g/mol. The molecule has 1 unspecified atom stereocenters. The van der Waals surface area contributed by atoms with Gasteiger partial charge in [-0.3, -0.25) is 52.7 Å². The van der Waals surface area contributed by atoms with E-state index in [1.807, 2.05) is 13.8 Å². The molecule has 0 radical (unpaired) electrons. The SMILES string of the molecule is CC[C@H](C)[C@@H]1NC(=O)C([C@H](C)c2c(C)cc(OC)cc2C)NC(=O)[C@H](N)C(C)(C)SSC[C@@H]2NC(=O)[C@@H](CC(N)=O)NC(=O)[C@@H](CCC(=O)NCCCC[C@H](C(=O)NCC(N)=O)NC(=O)[C@H]3CCCN3C2=O)NC1=O. The maximum Gasteiger partial charge on any atom is 0.246 e. The quantitative estimate of drug-likeness (QED) is 0.118. The molecule has 75 heavy (non-hydrogen) atoms. The van der Waals surface area contributed by atoms with Crippen molar-refractivity contribution in [3.8, 4) is 5.75 Å². The first-order chi connectivity index (χ1) is 35.3. The lowest BCUT2D eigenvalue weighted by atomic mass is 9.85. The lowest BCUT2D eigenvalue weighted by Gasteiger charge is -2.35. The highest BCUT2D eigenvalue weighted by Gasteiger charge is 2.43. The summed E-state index contributed by atoms with van der Waals surface area (Å²) in [5, 5.41) is 21.3. The molecule has 1 aromatic rings. The first-order valence-electron chi connectivity index (χ1n) is 25.2. The fourth-order valence-electron chi connectivity index (χ4n) is 9.23. The third-order valence-corrected chi connectivity index (χ3v) is 17.1. The Morgan fingerprint density at radius 1 is 0.787 bits per heavy atom. The number of methoxy groups -OCH3 is 1. The van der Waals surface area contributed by atoms with Crippen LogP contribution in [-0.4, -0.2) is 155 Å². The summed E-state index contributed by atoms with van der Waals surface area (Å²) in [7, 11) is 3.67. The second-order valence-corrected chi connectivity index (χ2v) is 22.9. The highest BCUT2D eigenvalue weighted by Crippen LogP contribution is 2.39. The molecule has 416 valence electrons. The van der Waals surface area contributed by atoms with E-state index >= 15 is 0 Å². The zero-order valence-electron chi connectivity index (χ0n) is 44.0. The minimum Gasteiger partial charge on any atom is -0.497 e. The molecule has 3 fully saturated rings. The minimum absolute atomic E-state index is 0.0547. The van der Waals surface area contributed by atoms with Crippen LogP contribution in [0.5, 0.6) is 5.75 Å². The van der Waals surface area contributed by atoms with E-state index in [2.05, 4.69) is 42.5 Å². The lowest BCUT2D eigenvalue weighted by molar-refractivity contribution is -0.142. The third kappa shape index (κ3) is 17.2. The number of primary amides is 2. The van der Waals surface area contributed by atoms with E-state index in [1.165, 1.54) is 12.0 Å². The Hall–Kier alpha value is -6.15. The van der Waals surface area contributed by atoms with E-state index in [1.54, 1.807) is 46.8 Å². The van der Waals surface area contributed by atoms with E-state index in [-0.39, 0.29) is 50.9 Å².